The topological polar surface area (TPSA) is 56.8 Å². The van der Waals surface area contributed by atoms with E-state index in [4.69, 9.17) is 14.2 Å². The van der Waals surface area contributed by atoms with E-state index in [1.165, 1.54) is 0 Å². The fourth-order valence-corrected chi connectivity index (χ4v) is 1.89. The number of nitrogens with one attached hydrogen (secondary N) is 1. The second-order valence-corrected chi connectivity index (χ2v) is 5.41. The molecule has 1 amide bonds. The lowest BCUT2D eigenvalue weighted by Crippen LogP contribution is -2.35. The Hall–Kier alpha value is -1.91. The highest BCUT2D eigenvalue weighted by atomic mass is 16.6. The van der Waals surface area contributed by atoms with E-state index in [1.54, 1.807) is 7.11 Å². The molecular weight excluding hydrogens is 246 g/mol. The van der Waals surface area contributed by atoms with Crippen LogP contribution in [0.25, 0.3) is 0 Å². The average Bonchev–Trinajstić information content (AvgIpc) is 2.69. The summed E-state index contributed by atoms with van der Waals surface area (Å²) in [7, 11) is 1.60. The Bertz CT molecular complexity index is 479. The fraction of sp³-hybridized carbons (Fsp3) is 0.500. The number of alkyl carbamates (subject to hydrolysis) is 1. The van der Waals surface area contributed by atoms with Crippen molar-refractivity contribution in [2.24, 2.45) is 0 Å². The van der Waals surface area contributed by atoms with Crippen LogP contribution in [0.15, 0.2) is 18.2 Å². The number of methoxy groups -OCH3 is 1. The van der Waals surface area contributed by atoms with Crippen molar-refractivity contribution in [3.8, 4) is 11.5 Å². The highest BCUT2D eigenvalue weighted by Crippen LogP contribution is 2.35. The second-order valence-electron chi connectivity index (χ2n) is 5.41. The summed E-state index contributed by atoms with van der Waals surface area (Å²) in [5, 5.41) is 2.80. The van der Waals surface area contributed by atoms with Crippen LogP contribution in [0.5, 0.6) is 11.5 Å². The zero-order valence-corrected chi connectivity index (χ0v) is 11.6. The van der Waals surface area contributed by atoms with Crippen LogP contribution >= 0.6 is 0 Å². The van der Waals surface area contributed by atoms with Crippen molar-refractivity contribution >= 4 is 6.09 Å². The van der Waals surface area contributed by atoms with E-state index in [0.717, 1.165) is 17.1 Å². The predicted octanol–water partition coefficient (Wildman–Crippen LogP) is 2.65. The molecule has 2 rings (SSSR count). The molecular formula is C14H19NO4. The Kier molecular flexibility index (Phi) is 3.55. The number of carbonyl (C=O) groups is 1. The summed E-state index contributed by atoms with van der Waals surface area (Å²) < 4.78 is 15.9. The standard InChI is InChI=1S/C14H19NO4/c1-14(2,3)19-13(16)15-11-8-18-12-7-9(17-4)5-6-10(11)12/h5-7,11H,8H2,1-4H3,(H,15,16)/t11-/m0/s1. The van der Waals surface area contributed by atoms with Gasteiger partial charge in [0.1, 0.15) is 23.7 Å². The first-order valence-corrected chi connectivity index (χ1v) is 6.19. The van der Waals surface area contributed by atoms with E-state index in [1.807, 2.05) is 39.0 Å². The van der Waals surface area contributed by atoms with E-state index in [2.05, 4.69) is 5.32 Å². The molecule has 1 aromatic carbocycles. The molecule has 1 aromatic rings. The van der Waals surface area contributed by atoms with E-state index >= 15 is 0 Å². The number of rotatable bonds is 2. The third kappa shape index (κ3) is 3.30. The molecule has 0 bridgehead atoms. The van der Waals surface area contributed by atoms with Crippen LogP contribution in [0, 0.1) is 0 Å². The van der Waals surface area contributed by atoms with Gasteiger partial charge in [0.25, 0.3) is 0 Å². The van der Waals surface area contributed by atoms with Crippen LogP contribution in [-0.2, 0) is 4.74 Å². The lowest BCUT2D eigenvalue weighted by Gasteiger charge is -2.21. The molecule has 0 saturated heterocycles. The van der Waals surface area contributed by atoms with Gasteiger partial charge < -0.3 is 19.5 Å². The van der Waals surface area contributed by atoms with Crippen LogP contribution < -0.4 is 14.8 Å². The van der Waals surface area contributed by atoms with Crippen molar-refractivity contribution in [3.05, 3.63) is 23.8 Å². The summed E-state index contributed by atoms with van der Waals surface area (Å²) in [6, 6.07) is 5.36. The van der Waals surface area contributed by atoms with Gasteiger partial charge in [-0.2, -0.15) is 0 Å². The number of hydrogen-bond acceptors (Lipinski definition) is 4. The minimum atomic E-state index is -0.508. The molecule has 0 radical (unpaired) electrons. The van der Waals surface area contributed by atoms with Gasteiger partial charge in [0.15, 0.2) is 0 Å². The molecule has 1 aliphatic rings. The molecule has 0 fully saturated rings. The summed E-state index contributed by atoms with van der Waals surface area (Å²) in [5.74, 6) is 1.47. The van der Waals surface area contributed by atoms with Gasteiger partial charge in [0.05, 0.1) is 13.2 Å². The molecule has 5 heteroatoms. The smallest absolute Gasteiger partial charge is 0.408 e. The molecule has 104 valence electrons. The summed E-state index contributed by atoms with van der Waals surface area (Å²) in [6.45, 7) is 5.89. The zero-order valence-electron chi connectivity index (χ0n) is 11.6. The Morgan fingerprint density at radius 3 is 2.79 bits per heavy atom. The van der Waals surface area contributed by atoms with Crippen molar-refractivity contribution in [2.75, 3.05) is 13.7 Å². The highest BCUT2D eigenvalue weighted by Gasteiger charge is 2.27. The van der Waals surface area contributed by atoms with Crippen molar-refractivity contribution in [1.29, 1.82) is 0 Å². The van der Waals surface area contributed by atoms with Crippen molar-refractivity contribution in [3.63, 3.8) is 0 Å². The number of benzene rings is 1. The van der Waals surface area contributed by atoms with Gasteiger partial charge in [0, 0.05) is 11.6 Å². The summed E-state index contributed by atoms with van der Waals surface area (Å²) in [5.41, 5.74) is 0.429. The monoisotopic (exact) mass is 265 g/mol. The molecule has 5 nitrogen and oxygen atoms in total. The van der Waals surface area contributed by atoms with Gasteiger partial charge >= 0.3 is 6.09 Å². The number of hydrogen-bond donors (Lipinski definition) is 1. The van der Waals surface area contributed by atoms with Crippen LogP contribution in [0.1, 0.15) is 32.4 Å². The normalized spacial score (nSPS) is 17.4. The Morgan fingerprint density at radius 1 is 1.42 bits per heavy atom. The van der Waals surface area contributed by atoms with Gasteiger partial charge in [0.2, 0.25) is 0 Å². The summed E-state index contributed by atoms with van der Waals surface area (Å²) >= 11 is 0. The van der Waals surface area contributed by atoms with Crippen LogP contribution in [0.3, 0.4) is 0 Å². The first kappa shape index (κ1) is 13.5. The fourth-order valence-electron chi connectivity index (χ4n) is 1.89. The molecule has 1 N–H and O–H groups in total. The highest BCUT2D eigenvalue weighted by molar-refractivity contribution is 5.69. The minimum absolute atomic E-state index is 0.184. The zero-order chi connectivity index (χ0) is 14.0. The molecule has 0 aromatic heterocycles. The van der Waals surface area contributed by atoms with Crippen LogP contribution in [0.2, 0.25) is 0 Å². The summed E-state index contributed by atoms with van der Waals surface area (Å²) in [6.07, 6.45) is -0.440. The lowest BCUT2D eigenvalue weighted by atomic mass is 10.1. The average molecular weight is 265 g/mol. The van der Waals surface area contributed by atoms with Crippen molar-refractivity contribution < 1.29 is 19.0 Å². The molecule has 0 spiro atoms. The SMILES string of the molecule is COc1ccc2c(c1)OC[C@@H]2NC(=O)OC(C)(C)C. The maximum atomic E-state index is 11.7. The van der Waals surface area contributed by atoms with Gasteiger partial charge in [-0.1, -0.05) is 0 Å². The van der Waals surface area contributed by atoms with Crippen molar-refractivity contribution in [2.45, 2.75) is 32.4 Å². The minimum Gasteiger partial charge on any atom is -0.497 e. The maximum Gasteiger partial charge on any atom is 0.408 e. The first-order valence-electron chi connectivity index (χ1n) is 6.19. The molecule has 1 heterocycles. The van der Waals surface area contributed by atoms with Gasteiger partial charge in [-0.15, -0.1) is 0 Å². The molecule has 1 atom stereocenters. The Labute approximate surface area is 112 Å². The second kappa shape index (κ2) is 4.99. The summed E-state index contributed by atoms with van der Waals surface area (Å²) in [4.78, 5) is 11.7. The van der Waals surface area contributed by atoms with E-state index in [9.17, 15) is 4.79 Å². The Morgan fingerprint density at radius 2 is 2.16 bits per heavy atom. The lowest BCUT2D eigenvalue weighted by molar-refractivity contribution is 0.0497. The van der Waals surface area contributed by atoms with Crippen LogP contribution in [0.4, 0.5) is 4.79 Å². The van der Waals surface area contributed by atoms with Gasteiger partial charge in [-0.25, -0.2) is 4.79 Å². The first-order chi connectivity index (χ1) is 8.89. The molecule has 0 saturated carbocycles. The Balaban J connectivity index is 2.04. The maximum absolute atomic E-state index is 11.7. The van der Waals surface area contributed by atoms with Crippen molar-refractivity contribution in [1.82, 2.24) is 5.32 Å². The third-order valence-electron chi connectivity index (χ3n) is 2.69. The molecule has 0 unspecified atom stereocenters. The third-order valence-corrected chi connectivity index (χ3v) is 2.69. The van der Waals surface area contributed by atoms with Crippen LogP contribution in [-0.4, -0.2) is 25.4 Å². The van der Waals surface area contributed by atoms with Gasteiger partial charge in [-0.3, -0.25) is 0 Å². The van der Waals surface area contributed by atoms with E-state index < -0.39 is 11.7 Å². The molecule has 19 heavy (non-hydrogen) atoms. The quantitative estimate of drug-likeness (QED) is 0.893. The molecule has 0 aliphatic carbocycles. The number of fused-ring (bicyclic) bond motifs is 1. The van der Waals surface area contributed by atoms with Gasteiger partial charge in [-0.05, 0) is 32.9 Å². The predicted molar refractivity (Wildman–Crippen MR) is 70.6 cm³/mol. The number of ether oxygens (including phenoxy) is 3. The number of amides is 1. The van der Waals surface area contributed by atoms with E-state index in [-0.39, 0.29) is 6.04 Å². The van der Waals surface area contributed by atoms with E-state index in [0.29, 0.717) is 6.61 Å². The largest absolute Gasteiger partial charge is 0.497 e. The number of carbonyl (C=O) groups excluding carboxylic acids is 1. The molecule has 1 aliphatic heterocycles.